The second kappa shape index (κ2) is 12.8. The number of phenolic OH excluding ortho intramolecular Hbond substituents is 1. The Morgan fingerprint density at radius 1 is 1.08 bits per heavy atom. The van der Waals surface area contributed by atoms with Crippen molar-refractivity contribution < 1.29 is 19.4 Å². The summed E-state index contributed by atoms with van der Waals surface area (Å²) in [5.74, 6) is 1.29. The van der Waals surface area contributed by atoms with Crippen LogP contribution >= 0.6 is 11.6 Å². The minimum absolute atomic E-state index is 0.0745. The van der Waals surface area contributed by atoms with E-state index in [-0.39, 0.29) is 18.3 Å². The summed E-state index contributed by atoms with van der Waals surface area (Å²) in [5.41, 5.74) is 4.29. The molecule has 0 fully saturated rings. The maximum Gasteiger partial charge on any atom is 0.262 e. The monoisotopic (exact) mass is 522 g/mol. The average molecular weight is 523 g/mol. The van der Waals surface area contributed by atoms with Gasteiger partial charge in [-0.15, -0.1) is 0 Å². The number of nitrogens with zero attached hydrogens (tertiary/aromatic N) is 1. The number of anilines is 1. The van der Waals surface area contributed by atoms with E-state index in [4.69, 9.17) is 21.1 Å². The van der Waals surface area contributed by atoms with Crippen molar-refractivity contribution in [1.82, 2.24) is 4.90 Å². The molecule has 0 saturated heterocycles. The van der Waals surface area contributed by atoms with Crippen molar-refractivity contribution in [1.29, 1.82) is 0 Å². The Hall–Kier alpha value is -3.22. The molecule has 7 heteroatoms. The third-order valence-corrected chi connectivity index (χ3v) is 7.33. The maximum atomic E-state index is 12.6. The molecule has 4 rings (SSSR count). The first kappa shape index (κ1) is 26.8. The minimum atomic E-state index is -0.205. The van der Waals surface area contributed by atoms with E-state index in [0.717, 1.165) is 67.6 Å². The van der Waals surface area contributed by atoms with Crippen molar-refractivity contribution in [2.75, 3.05) is 32.6 Å². The van der Waals surface area contributed by atoms with Crippen molar-refractivity contribution in [2.24, 2.45) is 0 Å². The molecule has 3 aromatic rings. The molecule has 196 valence electrons. The van der Waals surface area contributed by atoms with E-state index in [1.54, 1.807) is 31.4 Å². The summed E-state index contributed by atoms with van der Waals surface area (Å²) in [4.78, 5) is 15.1. The number of aromatic hydroxyl groups is 1. The number of hydrogen-bond acceptors (Lipinski definition) is 5. The van der Waals surface area contributed by atoms with E-state index in [2.05, 4.69) is 23.3 Å². The molecule has 0 aromatic heterocycles. The number of amides is 1. The smallest absolute Gasteiger partial charge is 0.262 e. The molecule has 0 aliphatic carbocycles. The minimum Gasteiger partial charge on any atom is -0.506 e. The first-order chi connectivity index (χ1) is 17.9. The van der Waals surface area contributed by atoms with Gasteiger partial charge in [0.25, 0.3) is 5.91 Å². The molecule has 1 aliphatic heterocycles. The Morgan fingerprint density at radius 2 is 1.84 bits per heavy atom. The fraction of sp³-hybridized carbons (Fsp3) is 0.367. The normalized spacial score (nSPS) is 16.1. The van der Waals surface area contributed by atoms with Crippen molar-refractivity contribution in [3.05, 3.63) is 82.4 Å². The van der Waals surface area contributed by atoms with Crippen LogP contribution < -0.4 is 14.8 Å². The summed E-state index contributed by atoms with van der Waals surface area (Å²) in [6, 6.07) is 19.1. The average Bonchev–Trinajstić information content (AvgIpc) is 2.97. The van der Waals surface area contributed by atoms with E-state index < -0.39 is 0 Å². The lowest BCUT2D eigenvalue weighted by Crippen LogP contribution is -2.34. The van der Waals surface area contributed by atoms with Gasteiger partial charge in [-0.1, -0.05) is 29.8 Å². The number of carbonyl (C=O) groups excluding carboxylic acids is 1. The number of nitrogens with one attached hydrogen (secondary N) is 1. The Balaban J connectivity index is 1.40. The topological polar surface area (TPSA) is 71.0 Å². The molecule has 2 N–H and O–H groups in total. The third-order valence-electron chi connectivity index (χ3n) is 7.02. The van der Waals surface area contributed by atoms with Crippen LogP contribution in [0.4, 0.5) is 5.69 Å². The molecule has 1 atom stereocenters. The number of aryl methyl sites for hydroxylation is 2. The van der Waals surface area contributed by atoms with E-state index in [9.17, 15) is 9.90 Å². The molecule has 0 spiro atoms. The number of ether oxygens (including phenoxy) is 2. The van der Waals surface area contributed by atoms with Gasteiger partial charge in [-0.25, -0.2) is 0 Å². The molecule has 1 unspecified atom stereocenters. The number of benzene rings is 3. The number of fused-ring (bicyclic) bond motifs is 1. The van der Waals surface area contributed by atoms with Gasteiger partial charge in [-0.2, -0.15) is 0 Å². The second-order valence-electron chi connectivity index (χ2n) is 9.58. The summed E-state index contributed by atoms with van der Waals surface area (Å²) >= 11 is 6.21. The highest BCUT2D eigenvalue weighted by Gasteiger charge is 2.21. The number of rotatable bonds is 8. The zero-order valence-corrected chi connectivity index (χ0v) is 22.3. The lowest BCUT2D eigenvalue weighted by atomic mass is 9.93. The number of hydrogen-bond donors (Lipinski definition) is 2. The summed E-state index contributed by atoms with van der Waals surface area (Å²) in [7, 11) is 3.78. The molecule has 3 aromatic carbocycles. The molecular formula is C30H35ClN2O4. The van der Waals surface area contributed by atoms with Gasteiger partial charge >= 0.3 is 0 Å². The van der Waals surface area contributed by atoms with Gasteiger partial charge in [0.1, 0.15) is 17.2 Å². The maximum absolute atomic E-state index is 12.6. The van der Waals surface area contributed by atoms with Crippen LogP contribution in [0.5, 0.6) is 17.2 Å². The zero-order valence-electron chi connectivity index (χ0n) is 21.5. The molecule has 1 amide bonds. The van der Waals surface area contributed by atoms with E-state index in [1.165, 1.54) is 5.56 Å². The molecular weight excluding hydrogens is 488 g/mol. The van der Waals surface area contributed by atoms with Crippen molar-refractivity contribution in [2.45, 2.75) is 44.6 Å². The molecule has 0 bridgehead atoms. The van der Waals surface area contributed by atoms with Crippen molar-refractivity contribution >= 4 is 23.2 Å². The highest BCUT2D eigenvalue weighted by atomic mass is 35.5. The Labute approximate surface area is 224 Å². The third kappa shape index (κ3) is 7.40. The van der Waals surface area contributed by atoms with Crippen LogP contribution in [0.25, 0.3) is 0 Å². The van der Waals surface area contributed by atoms with Crippen LogP contribution in [0.15, 0.2) is 60.7 Å². The van der Waals surface area contributed by atoms with Crippen LogP contribution in [0, 0.1) is 0 Å². The van der Waals surface area contributed by atoms with Gasteiger partial charge < -0.3 is 24.8 Å². The van der Waals surface area contributed by atoms with E-state index in [1.807, 2.05) is 30.3 Å². The van der Waals surface area contributed by atoms with Crippen LogP contribution in [0.3, 0.4) is 0 Å². The van der Waals surface area contributed by atoms with Gasteiger partial charge in [0, 0.05) is 11.7 Å². The molecule has 0 saturated carbocycles. The van der Waals surface area contributed by atoms with Gasteiger partial charge in [0.15, 0.2) is 6.61 Å². The predicted molar refractivity (Wildman–Crippen MR) is 148 cm³/mol. The number of phenols is 1. The SMILES string of the molecule is COc1ccc(OCC(=O)Nc2ccccc2CCC2Cc3cc(O)c(Cl)cc3CCCCN2C)cc1. The summed E-state index contributed by atoms with van der Waals surface area (Å²) in [5, 5.41) is 13.7. The summed E-state index contributed by atoms with van der Waals surface area (Å²) in [6.45, 7) is 0.953. The van der Waals surface area contributed by atoms with Crippen molar-refractivity contribution in [3.8, 4) is 17.2 Å². The van der Waals surface area contributed by atoms with E-state index in [0.29, 0.717) is 16.8 Å². The zero-order chi connectivity index (χ0) is 26.2. The lowest BCUT2D eigenvalue weighted by molar-refractivity contribution is -0.118. The molecule has 0 radical (unpaired) electrons. The van der Waals surface area contributed by atoms with Gasteiger partial charge in [-0.05, 0) is 111 Å². The highest BCUT2D eigenvalue weighted by Crippen LogP contribution is 2.31. The number of methoxy groups -OCH3 is 1. The van der Waals surface area contributed by atoms with Crippen LogP contribution in [0.1, 0.15) is 36.0 Å². The van der Waals surface area contributed by atoms with Gasteiger partial charge in [0.05, 0.1) is 12.1 Å². The fourth-order valence-electron chi connectivity index (χ4n) is 4.85. The molecule has 1 heterocycles. The number of halogens is 1. The summed E-state index contributed by atoms with van der Waals surface area (Å²) in [6.07, 6.45) is 5.78. The van der Waals surface area contributed by atoms with Crippen LogP contribution in [0.2, 0.25) is 5.02 Å². The summed E-state index contributed by atoms with van der Waals surface area (Å²) < 4.78 is 10.8. The van der Waals surface area contributed by atoms with Crippen molar-refractivity contribution in [3.63, 3.8) is 0 Å². The number of para-hydroxylation sites is 1. The Kier molecular flexibility index (Phi) is 9.31. The van der Waals surface area contributed by atoms with Crippen LogP contribution in [-0.4, -0.2) is 49.3 Å². The standard InChI is InChI=1S/C30H35ClN2O4/c1-33-16-6-5-8-22-18-27(31)29(34)19-23(22)17-24(33)11-10-21-7-3-4-9-28(21)32-30(35)20-37-26-14-12-25(36-2)13-15-26/h3-4,7,9,12-15,18-19,24,34H,5-6,8,10-11,16-17,20H2,1-2H3,(H,32,35). The van der Waals surface area contributed by atoms with Crippen LogP contribution in [-0.2, 0) is 24.1 Å². The van der Waals surface area contributed by atoms with E-state index >= 15 is 0 Å². The van der Waals surface area contributed by atoms with Gasteiger partial charge in [-0.3, -0.25) is 4.79 Å². The molecule has 1 aliphatic rings. The first-order valence-electron chi connectivity index (χ1n) is 12.8. The first-order valence-corrected chi connectivity index (χ1v) is 13.2. The Morgan fingerprint density at radius 3 is 2.62 bits per heavy atom. The number of carbonyl (C=O) groups is 1. The van der Waals surface area contributed by atoms with Gasteiger partial charge in [0.2, 0.25) is 0 Å². The second-order valence-corrected chi connectivity index (χ2v) is 9.98. The quantitative estimate of drug-likeness (QED) is 0.386. The molecule has 37 heavy (non-hydrogen) atoms. The Bertz CT molecular complexity index is 1200. The fourth-order valence-corrected chi connectivity index (χ4v) is 5.04. The highest BCUT2D eigenvalue weighted by molar-refractivity contribution is 6.32. The lowest BCUT2D eigenvalue weighted by Gasteiger charge is -2.28. The molecule has 6 nitrogen and oxygen atoms in total. The predicted octanol–water partition coefficient (Wildman–Crippen LogP) is 5.88. The largest absolute Gasteiger partial charge is 0.506 e. The number of likely N-dealkylation sites (N-methyl/N-ethyl adjacent to an activating group) is 1.